The van der Waals surface area contributed by atoms with E-state index < -0.39 is 0 Å². The van der Waals surface area contributed by atoms with Gasteiger partial charge in [-0.25, -0.2) is 0 Å². The minimum Gasteiger partial charge on any atom is -0.497 e. The molecule has 3 rings (SSSR count). The molecular formula is C14H12ClN5O. The molecule has 0 aliphatic heterocycles. The zero-order valence-electron chi connectivity index (χ0n) is 11.2. The maximum absolute atomic E-state index is 6.22. The number of nitrogens with two attached hydrogens (primary N) is 1. The lowest BCUT2D eigenvalue weighted by atomic mass is 10.2. The molecule has 0 aliphatic rings. The number of nitrogens with zero attached hydrogens (tertiary/aromatic N) is 4. The number of aromatic nitrogens is 4. The van der Waals surface area contributed by atoms with Gasteiger partial charge in [-0.05, 0) is 52.9 Å². The summed E-state index contributed by atoms with van der Waals surface area (Å²) in [6.07, 6.45) is 0. The summed E-state index contributed by atoms with van der Waals surface area (Å²) < 4.78 is 6.75. The predicted octanol–water partition coefficient (Wildman–Crippen LogP) is 2.57. The van der Waals surface area contributed by atoms with Crippen LogP contribution in [-0.2, 0) is 0 Å². The number of rotatable bonds is 3. The Bertz CT molecular complexity index is 769. The number of tetrazole rings is 1. The second kappa shape index (κ2) is 5.41. The molecule has 2 aromatic carbocycles. The Morgan fingerprint density at radius 3 is 2.57 bits per heavy atom. The van der Waals surface area contributed by atoms with E-state index in [1.807, 2.05) is 24.3 Å². The molecule has 106 valence electrons. The van der Waals surface area contributed by atoms with E-state index >= 15 is 0 Å². The van der Waals surface area contributed by atoms with Crippen molar-refractivity contribution in [2.24, 2.45) is 0 Å². The van der Waals surface area contributed by atoms with Crippen molar-refractivity contribution < 1.29 is 4.74 Å². The highest BCUT2D eigenvalue weighted by atomic mass is 35.5. The topological polar surface area (TPSA) is 78.8 Å². The lowest BCUT2D eigenvalue weighted by molar-refractivity contribution is 0.414. The van der Waals surface area contributed by atoms with Crippen LogP contribution in [0.15, 0.2) is 42.5 Å². The SMILES string of the molecule is COc1ccc(-n2nnnc2-c2ccc(N)cc2Cl)cc1. The smallest absolute Gasteiger partial charge is 0.188 e. The van der Waals surface area contributed by atoms with Gasteiger partial charge in [0.25, 0.3) is 0 Å². The van der Waals surface area contributed by atoms with Crippen molar-refractivity contribution in [1.82, 2.24) is 20.2 Å². The van der Waals surface area contributed by atoms with Crippen molar-refractivity contribution in [1.29, 1.82) is 0 Å². The Morgan fingerprint density at radius 2 is 1.90 bits per heavy atom. The van der Waals surface area contributed by atoms with E-state index in [2.05, 4.69) is 15.5 Å². The minimum absolute atomic E-state index is 0.500. The second-order valence-electron chi connectivity index (χ2n) is 4.35. The van der Waals surface area contributed by atoms with Gasteiger partial charge in [-0.15, -0.1) is 5.10 Å². The highest BCUT2D eigenvalue weighted by Crippen LogP contribution is 2.29. The summed E-state index contributed by atoms with van der Waals surface area (Å²) in [4.78, 5) is 0. The van der Waals surface area contributed by atoms with Crippen molar-refractivity contribution in [2.45, 2.75) is 0 Å². The highest BCUT2D eigenvalue weighted by molar-refractivity contribution is 6.33. The van der Waals surface area contributed by atoms with E-state index in [4.69, 9.17) is 22.1 Å². The number of ether oxygens (including phenoxy) is 1. The van der Waals surface area contributed by atoms with E-state index in [-0.39, 0.29) is 0 Å². The van der Waals surface area contributed by atoms with Gasteiger partial charge in [0, 0.05) is 11.3 Å². The first kappa shape index (κ1) is 13.4. The summed E-state index contributed by atoms with van der Waals surface area (Å²) in [5, 5.41) is 12.3. The molecule has 1 aromatic heterocycles. The number of hydrogen-bond donors (Lipinski definition) is 1. The number of halogens is 1. The molecule has 1 heterocycles. The Labute approximate surface area is 126 Å². The zero-order chi connectivity index (χ0) is 14.8. The number of hydrogen-bond acceptors (Lipinski definition) is 5. The Hall–Kier alpha value is -2.60. The third-order valence-electron chi connectivity index (χ3n) is 3.02. The second-order valence-corrected chi connectivity index (χ2v) is 4.76. The minimum atomic E-state index is 0.500. The van der Waals surface area contributed by atoms with Gasteiger partial charge >= 0.3 is 0 Å². The molecule has 3 aromatic rings. The Kier molecular flexibility index (Phi) is 3.45. The van der Waals surface area contributed by atoms with Gasteiger partial charge in [0.05, 0.1) is 17.8 Å². The molecule has 0 bridgehead atoms. The first-order valence-corrected chi connectivity index (χ1v) is 6.55. The summed E-state index contributed by atoms with van der Waals surface area (Å²) in [6.45, 7) is 0. The molecular weight excluding hydrogens is 290 g/mol. The zero-order valence-corrected chi connectivity index (χ0v) is 11.9. The molecule has 0 amide bonds. The van der Waals surface area contributed by atoms with Gasteiger partial charge in [0.2, 0.25) is 0 Å². The van der Waals surface area contributed by atoms with Crippen LogP contribution < -0.4 is 10.5 Å². The maximum atomic E-state index is 6.22. The fraction of sp³-hybridized carbons (Fsp3) is 0.0714. The van der Waals surface area contributed by atoms with Crippen LogP contribution >= 0.6 is 11.6 Å². The van der Waals surface area contributed by atoms with Crippen molar-refractivity contribution in [3.63, 3.8) is 0 Å². The third-order valence-corrected chi connectivity index (χ3v) is 3.33. The molecule has 0 spiro atoms. The largest absolute Gasteiger partial charge is 0.497 e. The van der Waals surface area contributed by atoms with E-state index in [9.17, 15) is 0 Å². The van der Waals surface area contributed by atoms with E-state index in [0.29, 0.717) is 22.1 Å². The quantitative estimate of drug-likeness (QED) is 0.752. The van der Waals surface area contributed by atoms with Crippen molar-refractivity contribution >= 4 is 17.3 Å². The van der Waals surface area contributed by atoms with Crippen LogP contribution in [0.3, 0.4) is 0 Å². The highest BCUT2D eigenvalue weighted by Gasteiger charge is 2.14. The molecule has 7 heteroatoms. The first-order valence-electron chi connectivity index (χ1n) is 6.17. The molecule has 0 saturated heterocycles. The van der Waals surface area contributed by atoms with Gasteiger partial charge in [0.15, 0.2) is 5.82 Å². The molecule has 0 atom stereocenters. The average molecular weight is 302 g/mol. The van der Waals surface area contributed by atoms with Crippen LogP contribution in [0.25, 0.3) is 17.1 Å². The molecule has 2 N–H and O–H groups in total. The normalized spacial score (nSPS) is 10.6. The van der Waals surface area contributed by atoms with Crippen LogP contribution in [0.2, 0.25) is 5.02 Å². The van der Waals surface area contributed by atoms with E-state index in [1.54, 1.807) is 30.0 Å². The van der Waals surface area contributed by atoms with Crippen LogP contribution in [0.5, 0.6) is 5.75 Å². The molecule has 6 nitrogen and oxygen atoms in total. The lowest BCUT2D eigenvalue weighted by Gasteiger charge is -2.07. The van der Waals surface area contributed by atoms with E-state index in [0.717, 1.165) is 11.4 Å². The number of methoxy groups -OCH3 is 1. The van der Waals surface area contributed by atoms with E-state index in [1.165, 1.54) is 0 Å². The summed E-state index contributed by atoms with van der Waals surface area (Å²) >= 11 is 6.22. The molecule has 0 fully saturated rings. The number of benzene rings is 2. The first-order chi connectivity index (χ1) is 10.2. The summed E-state index contributed by atoms with van der Waals surface area (Å²) in [7, 11) is 1.62. The molecule has 21 heavy (non-hydrogen) atoms. The maximum Gasteiger partial charge on any atom is 0.188 e. The molecule has 0 radical (unpaired) electrons. The summed E-state index contributed by atoms with van der Waals surface area (Å²) in [5.74, 6) is 1.31. The van der Waals surface area contributed by atoms with Crippen LogP contribution in [0.4, 0.5) is 5.69 Å². The van der Waals surface area contributed by atoms with Crippen LogP contribution in [0.1, 0.15) is 0 Å². The van der Waals surface area contributed by atoms with Gasteiger partial charge in [-0.3, -0.25) is 0 Å². The Balaban J connectivity index is 2.07. The van der Waals surface area contributed by atoms with Crippen LogP contribution in [-0.4, -0.2) is 27.3 Å². The van der Waals surface area contributed by atoms with Gasteiger partial charge in [-0.1, -0.05) is 11.6 Å². The fourth-order valence-electron chi connectivity index (χ4n) is 1.97. The summed E-state index contributed by atoms with van der Waals surface area (Å²) in [6, 6.07) is 12.6. The fourth-order valence-corrected chi connectivity index (χ4v) is 2.24. The van der Waals surface area contributed by atoms with Crippen molar-refractivity contribution in [2.75, 3.05) is 12.8 Å². The van der Waals surface area contributed by atoms with Crippen molar-refractivity contribution in [3.8, 4) is 22.8 Å². The molecule has 0 aliphatic carbocycles. The van der Waals surface area contributed by atoms with Gasteiger partial charge in [0.1, 0.15) is 5.75 Å². The van der Waals surface area contributed by atoms with Crippen LogP contribution in [0, 0.1) is 0 Å². The Morgan fingerprint density at radius 1 is 1.14 bits per heavy atom. The number of anilines is 1. The van der Waals surface area contributed by atoms with Gasteiger partial charge in [-0.2, -0.15) is 4.68 Å². The number of nitrogen functional groups attached to an aromatic ring is 1. The molecule has 0 saturated carbocycles. The lowest BCUT2D eigenvalue weighted by Crippen LogP contribution is -2.00. The third kappa shape index (κ3) is 2.53. The predicted molar refractivity (Wildman–Crippen MR) is 80.6 cm³/mol. The van der Waals surface area contributed by atoms with Crippen molar-refractivity contribution in [3.05, 3.63) is 47.5 Å². The monoisotopic (exact) mass is 301 g/mol. The summed E-state index contributed by atoms with van der Waals surface area (Å²) in [5.41, 5.74) is 7.82. The standard InChI is InChI=1S/C14H12ClN5O/c1-21-11-5-3-10(4-6-11)20-14(17-18-19-20)12-7-2-9(16)8-13(12)15/h2-8H,16H2,1H3. The van der Waals surface area contributed by atoms with Gasteiger partial charge < -0.3 is 10.5 Å². The molecule has 0 unspecified atom stereocenters. The average Bonchev–Trinajstić information content (AvgIpc) is 2.96.